The minimum Gasteiger partial charge on any atom is -0.379 e. The van der Waals surface area contributed by atoms with Gasteiger partial charge in [-0.3, -0.25) is 9.89 Å². The average molecular weight is 450 g/mol. The molecule has 24 heavy (non-hydrogen) atoms. The third-order valence-corrected chi connectivity index (χ3v) is 4.07. The first-order chi connectivity index (χ1) is 11.3. The molecule has 1 aromatic heterocycles. The van der Waals surface area contributed by atoms with Crippen LogP contribution in [-0.4, -0.2) is 66.3 Å². The van der Waals surface area contributed by atoms with Gasteiger partial charge in [-0.05, 0) is 26.2 Å². The summed E-state index contributed by atoms with van der Waals surface area (Å²) in [5.41, 5.74) is 5.88. The van der Waals surface area contributed by atoms with Gasteiger partial charge in [0.2, 0.25) is 0 Å². The number of aromatic nitrogens is 2. The number of nitrogens with one attached hydrogen (secondary N) is 1. The number of guanidine groups is 1. The quantitative estimate of drug-likeness (QED) is 0.256. The van der Waals surface area contributed by atoms with Gasteiger partial charge in [-0.15, -0.1) is 24.0 Å². The zero-order valence-corrected chi connectivity index (χ0v) is 16.9. The number of halogens is 1. The normalized spacial score (nSPS) is 16.0. The first-order valence-corrected chi connectivity index (χ1v) is 8.57. The third-order valence-electron chi connectivity index (χ3n) is 4.07. The number of aliphatic imine (C=N–C) groups is 1. The van der Waals surface area contributed by atoms with Crippen molar-refractivity contribution in [2.24, 2.45) is 10.7 Å². The van der Waals surface area contributed by atoms with Crippen LogP contribution in [0.4, 0.5) is 0 Å². The maximum atomic E-state index is 5.88. The summed E-state index contributed by atoms with van der Waals surface area (Å²) in [5.74, 6) is 1.63. The highest BCUT2D eigenvalue weighted by molar-refractivity contribution is 14.0. The molecule has 0 bridgehead atoms. The zero-order valence-electron chi connectivity index (χ0n) is 14.6. The molecule has 1 aliphatic rings. The average Bonchev–Trinajstić information content (AvgIpc) is 2.97. The van der Waals surface area contributed by atoms with Gasteiger partial charge in [-0.25, -0.2) is 4.98 Å². The van der Waals surface area contributed by atoms with Crippen LogP contribution in [0.1, 0.15) is 25.1 Å². The number of nitrogens with two attached hydrogens (primary N) is 1. The topological polar surface area (TPSA) is 80.7 Å². The van der Waals surface area contributed by atoms with E-state index in [1.807, 2.05) is 19.3 Å². The summed E-state index contributed by atoms with van der Waals surface area (Å²) in [6.07, 6.45) is 7.08. The van der Waals surface area contributed by atoms with Crippen molar-refractivity contribution in [2.75, 3.05) is 45.9 Å². The van der Waals surface area contributed by atoms with Crippen LogP contribution >= 0.6 is 24.0 Å². The van der Waals surface area contributed by atoms with Gasteiger partial charge in [-0.1, -0.05) is 0 Å². The first-order valence-electron chi connectivity index (χ1n) is 8.57. The standard InChI is InChI=1S/C16H30N6O.HI/c1-15-18-7-10-22(15)9-3-2-5-19-16(17)20-6-4-8-21-11-13-23-14-12-21;/h7,10H,2-6,8-9,11-14H2,1H3,(H3,17,19,20);1H. The first kappa shape index (κ1) is 21.2. The summed E-state index contributed by atoms with van der Waals surface area (Å²) < 4.78 is 7.50. The molecule has 8 heteroatoms. The molecule has 2 heterocycles. The van der Waals surface area contributed by atoms with E-state index in [0.29, 0.717) is 5.96 Å². The minimum absolute atomic E-state index is 0. The van der Waals surface area contributed by atoms with Crippen molar-refractivity contribution in [3.63, 3.8) is 0 Å². The number of ether oxygens (including phenoxy) is 1. The monoisotopic (exact) mass is 450 g/mol. The van der Waals surface area contributed by atoms with Crippen molar-refractivity contribution in [1.82, 2.24) is 19.8 Å². The SMILES string of the molecule is Cc1nccn1CCCCNC(N)=NCCCN1CCOCC1.I. The molecule has 0 amide bonds. The maximum absolute atomic E-state index is 5.88. The molecule has 1 fully saturated rings. The number of rotatable bonds is 9. The van der Waals surface area contributed by atoms with Gasteiger partial charge in [0, 0.05) is 51.7 Å². The van der Waals surface area contributed by atoms with E-state index < -0.39 is 0 Å². The summed E-state index contributed by atoms with van der Waals surface area (Å²) in [6, 6.07) is 0. The Labute approximate surface area is 162 Å². The van der Waals surface area contributed by atoms with E-state index in [4.69, 9.17) is 10.5 Å². The minimum atomic E-state index is 0. The fraction of sp³-hybridized carbons (Fsp3) is 0.750. The Morgan fingerprint density at radius 1 is 1.29 bits per heavy atom. The predicted molar refractivity (Wildman–Crippen MR) is 108 cm³/mol. The number of hydrogen-bond donors (Lipinski definition) is 2. The molecule has 0 radical (unpaired) electrons. The molecule has 0 spiro atoms. The lowest BCUT2D eigenvalue weighted by atomic mass is 10.3. The molecular weight excluding hydrogens is 419 g/mol. The van der Waals surface area contributed by atoms with Gasteiger partial charge in [0.25, 0.3) is 0 Å². The van der Waals surface area contributed by atoms with E-state index in [1.165, 1.54) is 0 Å². The number of imidazole rings is 1. The highest BCUT2D eigenvalue weighted by atomic mass is 127. The largest absolute Gasteiger partial charge is 0.379 e. The van der Waals surface area contributed by atoms with E-state index in [9.17, 15) is 0 Å². The summed E-state index contributed by atoms with van der Waals surface area (Å²) in [7, 11) is 0. The highest BCUT2D eigenvalue weighted by Crippen LogP contribution is 1.99. The summed E-state index contributed by atoms with van der Waals surface area (Å²) >= 11 is 0. The Kier molecular flexibility index (Phi) is 11.0. The van der Waals surface area contributed by atoms with Gasteiger partial charge in [-0.2, -0.15) is 0 Å². The van der Waals surface area contributed by atoms with E-state index in [1.54, 1.807) is 0 Å². The number of aryl methyl sites for hydroxylation is 2. The van der Waals surface area contributed by atoms with Gasteiger partial charge < -0.3 is 20.4 Å². The van der Waals surface area contributed by atoms with E-state index >= 15 is 0 Å². The molecule has 0 unspecified atom stereocenters. The van der Waals surface area contributed by atoms with Crippen LogP contribution < -0.4 is 11.1 Å². The van der Waals surface area contributed by atoms with Gasteiger partial charge in [0.1, 0.15) is 5.82 Å². The summed E-state index contributed by atoms with van der Waals surface area (Å²) in [5, 5.41) is 3.19. The van der Waals surface area contributed by atoms with Crippen molar-refractivity contribution < 1.29 is 4.74 Å². The molecule has 0 atom stereocenters. The predicted octanol–water partition coefficient (Wildman–Crippen LogP) is 1.22. The number of morpholine rings is 1. The molecule has 138 valence electrons. The lowest BCUT2D eigenvalue weighted by molar-refractivity contribution is 0.0377. The highest BCUT2D eigenvalue weighted by Gasteiger charge is 2.08. The molecule has 0 aromatic carbocycles. The zero-order chi connectivity index (χ0) is 16.3. The summed E-state index contributed by atoms with van der Waals surface area (Å²) in [4.78, 5) is 11.0. The molecule has 3 N–H and O–H groups in total. The Hall–Kier alpha value is -0.870. The number of unbranched alkanes of at least 4 members (excludes halogenated alkanes) is 1. The van der Waals surface area contributed by atoms with Crippen molar-refractivity contribution in [3.8, 4) is 0 Å². The van der Waals surface area contributed by atoms with Crippen LogP contribution in [0.15, 0.2) is 17.4 Å². The van der Waals surface area contributed by atoms with Crippen molar-refractivity contribution >= 4 is 29.9 Å². The van der Waals surface area contributed by atoms with Gasteiger partial charge >= 0.3 is 0 Å². The van der Waals surface area contributed by atoms with Crippen LogP contribution in [-0.2, 0) is 11.3 Å². The van der Waals surface area contributed by atoms with Crippen LogP contribution in [0.2, 0.25) is 0 Å². The maximum Gasteiger partial charge on any atom is 0.188 e. The Balaban J connectivity index is 0.00000288. The fourth-order valence-electron chi connectivity index (χ4n) is 2.64. The second kappa shape index (κ2) is 12.5. The van der Waals surface area contributed by atoms with Crippen molar-refractivity contribution in [2.45, 2.75) is 32.7 Å². The molecule has 1 aromatic rings. The number of hydrogen-bond acceptors (Lipinski definition) is 4. The molecule has 7 nitrogen and oxygen atoms in total. The van der Waals surface area contributed by atoms with Crippen LogP contribution in [0.3, 0.4) is 0 Å². The summed E-state index contributed by atoms with van der Waals surface area (Å²) in [6.45, 7) is 9.53. The van der Waals surface area contributed by atoms with E-state index in [2.05, 4.69) is 24.8 Å². The lowest BCUT2D eigenvalue weighted by Gasteiger charge is -2.26. The molecule has 0 saturated carbocycles. The second-order valence-electron chi connectivity index (χ2n) is 5.88. The molecule has 0 aliphatic carbocycles. The van der Waals surface area contributed by atoms with Gasteiger partial charge in [0.15, 0.2) is 5.96 Å². The van der Waals surface area contributed by atoms with Crippen molar-refractivity contribution in [1.29, 1.82) is 0 Å². The van der Waals surface area contributed by atoms with Gasteiger partial charge in [0.05, 0.1) is 13.2 Å². The number of nitrogens with zero attached hydrogens (tertiary/aromatic N) is 4. The molecule has 1 aliphatic heterocycles. The van der Waals surface area contributed by atoms with Crippen LogP contribution in [0.25, 0.3) is 0 Å². The Bertz CT molecular complexity index is 473. The fourth-order valence-corrected chi connectivity index (χ4v) is 2.64. The lowest BCUT2D eigenvalue weighted by Crippen LogP contribution is -2.37. The van der Waals surface area contributed by atoms with Crippen molar-refractivity contribution in [3.05, 3.63) is 18.2 Å². The van der Waals surface area contributed by atoms with E-state index in [0.717, 1.165) is 77.6 Å². The Morgan fingerprint density at radius 2 is 2.08 bits per heavy atom. The second-order valence-corrected chi connectivity index (χ2v) is 5.88. The molecular formula is C16H31IN6O. The van der Waals surface area contributed by atoms with E-state index in [-0.39, 0.29) is 24.0 Å². The molecule has 2 rings (SSSR count). The molecule has 1 saturated heterocycles. The Morgan fingerprint density at radius 3 is 2.79 bits per heavy atom. The third kappa shape index (κ3) is 8.29. The van der Waals surface area contributed by atoms with Crippen LogP contribution in [0.5, 0.6) is 0 Å². The van der Waals surface area contributed by atoms with Crippen LogP contribution in [0, 0.1) is 6.92 Å². The smallest absolute Gasteiger partial charge is 0.188 e.